The van der Waals surface area contributed by atoms with Gasteiger partial charge in [-0.1, -0.05) is 12.1 Å². The molecule has 110 heavy (non-hydrogen) atoms. The molecule has 3 aromatic rings. The van der Waals surface area contributed by atoms with Crippen molar-refractivity contribution in [2.75, 3.05) is 130 Å². The summed E-state index contributed by atoms with van der Waals surface area (Å²) in [5.41, 5.74) is 0.488. The van der Waals surface area contributed by atoms with Crippen molar-refractivity contribution < 1.29 is 105 Å². The van der Waals surface area contributed by atoms with Crippen LogP contribution in [0, 0.1) is 0 Å². The number of ether oxygens (including phenoxy) is 6. The summed E-state index contributed by atoms with van der Waals surface area (Å²) in [4.78, 5) is 77.1. The van der Waals surface area contributed by atoms with Gasteiger partial charge < -0.3 is 63.6 Å². The number of carbonyl (C=O) groups excluding carboxylic acids is 6. The molecule has 3 aromatic carbocycles. The molecule has 4 amide bonds. The normalized spacial score (nSPS) is 17.8. The fraction of sp³-hybridized carbons (Fsp3) is 0.671. The van der Waals surface area contributed by atoms with Gasteiger partial charge in [-0.2, -0.15) is 17.0 Å². The number of piperidine rings is 4. The minimum Gasteiger partial charge on any atom is -0.508 e. The summed E-state index contributed by atoms with van der Waals surface area (Å²) >= 11 is 0. The molecule has 9 rings (SSSR count). The highest BCUT2D eigenvalue weighted by Crippen LogP contribution is 2.25. The van der Waals surface area contributed by atoms with Crippen LogP contribution in [0.1, 0.15) is 161 Å². The number of aliphatic hydroxyl groups excluding tert-OH is 1. The van der Waals surface area contributed by atoms with E-state index in [1.807, 2.05) is 95.2 Å². The van der Waals surface area contributed by atoms with Gasteiger partial charge in [-0.15, -0.1) is 0 Å². The SMILES string of the molecule is CC(C)(C)OC(=O)N1CCC(O)CC1.CC(C)(C)OC(=O)N1CCC(OS(C)(=O)=O)CC1.CC(C)(C)OC(=O)N1CCC(Oc2ccc(C=O)cc2)CC1.CC(C)(C)OC(=O)N1CCC(Oc2ccc(CN3CCN(S(C)(=O)=O)CC3)cc2)CC1.CS(=O)(=O)Cl.CS(=O)(=O)N1CCNCC1.O=Cc1ccc(O)cc1.[B]. The van der Waals surface area contributed by atoms with Gasteiger partial charge in [0.1, 0.15) is 64.4 Å². The number of hydrogen-bond donors (Lipinski definition) is 3. The third kappa shape index (κ3) is 45.2. The molecule has 0 aromatic heterocycles. The molecule has 6 fully saturated rings. The molecule has 3 radical (unpaired) electrons. The lowest BCUT2D eigenvalue weighted by Gasteiger charge is -2.33. The van der Waals surface area contributed by atoms with E-state index in [1.165, 1.54) is 38.8 Å². The first-order valence-corrected chi connectivity index (χ1v) is 44.4. The molecular formula is C73H119BClN8O23S4. The summed E-state index contributed by atoms with van der Waals surface area (Å²) in [5, 5.41) is 21.1. The number of phenols is 1. The first-order chi connectivity index (χ1) is 50.2. The number of amides is 4. The van der Waals surface area contributed by atoms with Crippen molar-refractivity contribution in [3.05, 3.63) is 89.5 Å². The molecule has 0 atom stereocenters. The molecule has 37 heteroatoms. The summed E-state index contributed by atoms with van der Waals surface area (Å²) in [7, 11) is -8.15. The van der Waals surface area contributed by atoms with E-state index in [0.717, 1.165) is 95.0 Å². The lowest BCUT2D eigenvalue weighted by atomic mass is 10.1. The van der Waals surface area contributed by atoms with Crippen molar-refractivity contribution in [3.63, 3.8) is 0 Å². The van der Waals surface area contributed by atoms with Gasteiger partial charge in [0.25, 0.3) is 10.1 Å². The lowest BCUT2D eigenvalue weighted by molar-refractivity contribution is 0.00930. The number of sulfonamides is 2. The molecule has 0 bridgehead atoms. The Bertz CT molecular complexity index is 3740. The molecule has 6 aliphatic heterocycles. The van der Waals surface area contributed by atoms with E-state index in [1.54, 1.807) is 56.0 Å². The zero-order valence-electron chi connectivity index (χ0n) is 66.8. The van der Waals surface area contributed by atoms with E-state index < -0.39 is 61.6 Å². The number of phenolic OH excluding ortho intramolecular Hbond substituents is 1. The van der Waals surface area contributed by atoms with Crippen molar-refractivity contribution in [2.24, 2.45) is 0 Å². The van der Waals surface area contributed by atoms with E-state index >= 15 is 0 Å². The van der Waals surface area contributed by atoms with Gasteiger partial charge in [0.2, 0.25) is 29.1 Å². The molecule has 0 unspecified atom stereocenters. The van der Waals surface area contributed by atoms with Crippen LogP contribution >= 0.6 is 10.7 Å². The van der Waals surface area contributed by atoms with Gasteiger partial charge in [-0.3, -0.25) is 18.7 Å². The van der Waals surface area contributed by atoms with Crippen LogP contribution in [0.2, 0.25) is 0 Å². The van der Waals surface area contributed by atoms with E-state index in [9.17, 15) is 67.5 Å². The van der Waals surface area contributed by atoms with Crippen molar-refractivity contribution in [1.29, 1.82) is 0 Å². The number of aliphatic hydroxyl groups is 1. The molecule has 0 spiro atoms. The number of likely N-dealkylation sites (tertiary alicyclic amines) is 4. The molecular weight excluding hydrogens is 1530 g/mol. The van der Waals surface area contributed by atoms with Crippen LogP contribution in [0.25, 0.3) is 0 Å². The quantitative estimate of drug-likeness (QED) is 0.0503. The van der Waals surface area contributed by atoms with E-state index in [2.05, 4.69) is 33.0 Å². The number of carbonyl (C=O) groups is 6. The maximum Gasteiger partial charge on any atom is 0.410 e. The van der Waals surface area contributed by atoms with Crippen LogP contribution < -0.4 is 14.8 Å². The Hall–Kier alpha value is -6.61. The molecule has 6 saturated heterocycles. The van der Waals surface area contributed by atoms with Crippen LogP contribution in [-0.2, 0) is 68.9 Å². The van der Waals surface area contributed by atoms with Gasteiger partial charge >= 0.3 is 24.4 Å². The summed E-state index contributed by atoms with van der Waals surface area (Å²) in [5.74, 6) is 1.77. The van der Waals surface area contributed by atoms with E-state index in [0.29, 0.717) is 115 Å². The van der Waals surface area contributed by atoms with Gasteiger partial charge in [-0.05, 0) is 175 Å². The minimum atomic E-state index is -3.42. The monoisotopic (exact) mass is 1650 g/mol. The molecule has 0 saturated carbocycles. The predicted molar refractivity (Wildman–Crippen MR) is 422 cm³/mol. The van der Waals surface area contributed by atoms with E-state index in [4.69, 9.17) is 37.7 Å². The second-order valence-electron chi connectivity index (χ2n) is 30.8. The highest BCUT2D eigenvalue weighted by atomic mass is 35.7. The Morgan fingerprint density at radius 2 is 0.727 bits per heavy atom. The second-order valence-corrected chi connectivity index (χ2v) is 39.4. The number of rotatable bonds is 12. The van der Waals surface area contributed by atoms with Crippen LogP contribution in [-0.4, -0.2) is 299 Å². The van der Waals surface area contributed by atoms with Gasteiger partial charge in [0.05, 0.1) is 37.2 Å². The maximum absolute atomic E-state index is 12.2. The van der Waals surface area contributed by atoms with Gasteiger partial charge in [-0.25, -0.2) is 44.4 Å². The number of hydrogen-bond acceptors (Lipinski definition) is 25. The van der Waals surface area contributed by atoms with Crippen molar-refractivity contribution in [3.8, 4) is 17.2 Å². The molecule has 6 heterocycles. The zero-order chi connectivity index (χ0) is 82.4. The summed E-state index contributed by atoms with van der Waals surface area (Å²) in [6.07, 6.45) is 9.88. The van der Waals surface area contributed by atoms with Crippen LogP contribution in [0.3, 0.4) is 0 Å². The molecule has 623 valence electrons. The number of piperazine rings is 2. The van der Waals surface area contributed by atoms with Crippen LogP contribution in [0.4, 0.5) is 19.2 Å². The zero-order valence-corrected chi connectivity index (χ0v) is 70.8. The van der Waals surface area contributed by atoms with Crippen molar-refractivity contribution in [2.45, 2.75) is 188 Å². The molecule has 0 aliphatic carbocycles. The number of aromatic hydroxyl groups is 1. The lowest BCUT2D eigenvalue weighted by Crippen LogP contribution is -2.47. The van der Waals surface area contributed by atoms with Crippen LogP contribution in [0.15, 0.2) is 72.8 Å². The summed E-state index contributed by atoms with van der Waals surface area (Å²) in [6.45, 7) is 33.0. The topological polar surface area (TPSA) is 379 Å². The third-order valence-electron chi connectivity index (χ3n) is 16.0. The number of aldehydes is 2. The Balaban J connectivity index is 0.000000462. The minimum absolute atomic E-state index is 0. The Morgan fingerprint density at radius 3 is 1.01 bits per heavy atom. The Morgan fingerprint density at radius 1 is 0.445 bits per heavy atom. The summed E-state index contributed by atoms with van der Waals surface area (Å²) in [6, 6.07) is 21.2. The largest absolute Gasteiger partial charge is 0.508 e. The third-order valence-corrected chi connectivity index (χ3v) is 19.3. The molecule has 3 N–H and O–H groups in total. The fourth-order valence-electron chi connectivity index (χ4n) is 10.7. The van der Waals surface area contributed by atoms with Crippen molar-refractivity contribution >= 4 is 95.3 Å². The van der Waals surface area contributed by atoms with Crippen molar-refractivity contribution in [1.82, 2.24) is 38.4 Å². The average Bonchev–Trinajstić information content (AvgIpc) is 0.853. The van der Waals surface area contributed by atoms with Gasteiger partial charge in [0, 0.05) is 167 Å². The number of halogens is 1. The highest BCUT2D eigenvalue weighted by molar-refractivity contribution is 8.13. The average molecular weight is 1650 g/mol. The highest BCUT2D eigenvalue weighted by Gasteiger charge is 2.33. The van der Waals surface area contributed by atoms with Gasteiger partial charge in [0.15, 0.2) is 0 Å². The maximum atomic E-state index is 12.2. The Kier molecular flexibility index (Phi) is 41.5. The smallest absolute Gasteiger partial charge is 0.410 e. The Labute approximate surface area is 659 Å². The second kappa shape index (κ2) is 45.9. The molecule has 6 aliphatic rings. The first-order valence-electron chi connectivity index (χ1n) is 36.2. The standard InChI is InChI=1S/C22H35N3O5S.C17H23NO4.C11H21NO5S.C10H19NO3.C7H6O2.C5H12N2O2S.CH3ClO2S.B/c1-22(2,3)30-21(26)24-11-9-20(10-12-24)29-19-7-5-18(6-8-19)17-23-13-15-25(16-14-23)31(4,27)28;1-17(2,3)22-16(20)18-10-8-15(9-11-18)21-14-6-4-13(12-19)5-7-14;1-11(2,3)16-10(13)12-7-5-9(6-8-12)17-18(4,14)15;1-10(2,3)14-9(13)11-6-4-8(12)5-7-11;8-5-6-1-3-7(9)4-2-6;1-10(8,9)7-4-2-6-3-5-7;1-5(2,3)4;/h5-8,20H,9-17H2,1-4H3;4-7,12,15H,8-11H2,1-3H3;9H,5-8H2,1-4H3;8,12H,4-7H2,1-3H3;1-5,9H;6H,2-5H2,1H3;1H3;. The fourth-order valence-corrected chi connectivity index (χ4v) is 13.1. The molecule has 31 nitrogen and oxygen atoms in total. The number of nitrogens with zero attached hydrogens (tertiary/aromatic N) is 7. The number of nitrogens with one attached hydrogen (secondary N) is 1. The van der Waals surface area contributed by atoms with Crippen LogP contribution in [0.5, 0.6) is 17.2 Å². The predicted octanol–water partition coefficient (Wildman–Crippen LogP) is 8.42. The first kappa shape index (κ1) is 99.5. The number of benzene rings is 3. The summed E-state index contributed by atoms with van der Waals surface area (Å²) < 4.78 is 127. The van der Waals surface area contributed by atoms with E-state index in [-0.39, 0.29) is 63.0 Å².